The van der Waals surface area contributed by atoms with Crippen molar-refractivity contribution in [2.75, 3.05) is 0 Å². The third-order valence-corrected chi connectivity index (χ3v) is 5.83. The summed E-state index contributed by atoms with van der Waals surface area (Å²) in [4.78, 5) is 11.0. The summed E-state index contributed by atoms with van der Waals surface area (Å²) in [6.45, 7) is 5.63. The fourth-order valence-corrected chi connectivity index (χ4v) is 3.32. The smallest absolute Gasteiger partial charge is 0.294 e. The second-order valence-corrected chi connectivity index (χ2v) is 8.97. The molecule has 0 aliphatic carbocycles. The van der Waals surface area contributed by atoms with Crippen molar-refractivity contribution in [1.29, 1.82) is 0 Å². The molecule has 0 aliphatic rings. The molecule has 0 spiro atoms. The predicted molar refractivity (Wildman–Crippen MR) is 89.3 cm³/mol. The van der Waals surface area contributed by atoms with Gasteiger partial charge in [0.25, 0.3) is 25.8 Å². The summed E-state index contributed by atoms with van der Waals surface area (Å²) in [7, 11) is -9.39. The average Bonchev–Trinajstić information content (AvgIpc) is 2.87. The number of hydrogen-bond donors (Lipinski definition) is 3. The molecular weight excluding hydrogens is 418 g/mol. The number of aromatic amines is 1. The van der Waals surface area contributed by atoms with E-state index in [9.17, 15) is 26.2 Å². The van der Waals surface area contributed by atoms with Crippen LogP contribution in [0.25, 0.3) is 5.69 Å². The standard InChI is InChI=1S/C14H18N2O7S2.2Na/c1-4-14(2,3)12-8-13(17)16(15-12)10-7-9(24(18,19)20)5-6-11(10)25(21,22)23;;/h5-8,15H,4H2,1-3H3,(H,18,19,20)(H,21,22,23);;/q;2*+1. The monoisotopic (exact) mass is 436 g/mol. The van der Waals surface area contributed by atoms with Crippen LogP contribution in [-0.4, -0.2) is 35.7 Å². The summed E-state index contributed by atoms with van der Waals surface area (Å²) >= 11 is 0. The molecule has 0 amide bonds. The van der Waals surface area contributed by atoms with Gasteiger partial charge in [-0.15, -0.1) is 0 Å². The molecule has 27 heavy (non-hydrogen) atoms. The van der Waals surface area contributed by atoms with Crippen LogP contribution in [0.1, 0.15) is 32.9 Å². The topological polar surface area (TPSA) is 147 Å². The van der Waals surface area contributed by atoms with Crippen LogP contribution in [0.3, 0.4) is 0 Å². The molecule has 3 N–H and O–H groups in total. The molecular formula is C14H18N2Na2O7S2+2. The van der Waals surface area contributed by atoms with Crippen molar-refractivity contribution in [2.45, 2.75) is 42.4 Å². The third kappa shape index (κ3) is 6.01. The zero-order chi connectivity index (χ0) is 19.2. The van der Waals surface area contributed by atoms with Crippen molar-refractivity contribution in [3.63, 3.8) is 0 Å². The largest absolute Gasteiger partial charge is 1.00 e. The van der Waals surface area contributed by atoms with E-state index in [0.29, 0.717) is 12.1 Å². The van der Waals surface area contributed by atoms with Gasteiger partial charge in [0.05, 0.1) is 10.6 Å². The first-order valence-electron chi connectivity index (χ1n) is 7.19. The third-order valence-electron chi connectivity index (χ3n) is 4.08. The van der Waals surface area contributed by atoms with Crippen LogP contribution in [0, 0.1) is 0 Å². The number of nitrogens with one attached hydrogen (secondary N) is 1. The molecule has 0 unspecified atom stereocenters. The first kappa shape index (κ1) is 27.0. The summed E-state index contributed by atoms with van der Waals surface area (Å²) < 4.78 is 65.1. The average molecular weight is 436 g/mol. The zero-order valence-electron chi connectivity index (χ0n) is 15.7. The Bertz CT molecular complexity index is 1090. The first-order valence-corrected chi connectivity index (χ1v) is 10.1. The maximum Gasteiger partial charge on any atom is 1.00 e. The van der Waals surface area contributed by atoms with Gasteiger partial charge in [-0.3, -0.25) is 19.0 Å². The van der Waals surface area contributed by atoms with Crippen molar-refractivity contribution >= 4 is 20.2 Å². The summed E-state index contributed by atoms with van der Waals surface area (Å²) in [6, 6.07) is 3.66. The summed E-state index contributed by atoms with van der Waals surface area (Å²) in [5, 5.41) is 2.73. The molecule has 13 heteroatoms. The second-order valence-electron chi connectivity index (χ2n) is 6.16. The van der Waals surface area contributed by atoms with E-state index >= 15 is 0 Å². The van der Waals surface area contributed by atoms with Gasteiger partial charge in [-0.2, -0.15) is 16.8 Å². The van der Waals surface area contributed by atoms with E-state index in [1.807, 2.05) is 20.8 Å². The minimum Gasteiger partial charge on any atom is -0.294 e. The molecule has 0 bridgehead atoms. The van der Waals surface area contributed by atoms with Gasteiger partial charge in [0.1, 0.15) is 4.90 Å². The number of benzene rings is 1. The first-order chi connectivity index (χ1) is 11.3. The zero-order valence-corrected chi connectivity index (χ0v) is 21.3. The van der Waals surface area contributed by atoms with E-state index in [-0.39, 0.29) is 59.1 Å². The summed E-state index contributed by atoms with van der Waals surface area (Å²) in [5.74, 6) is 0. The maximum absolute atomic E-state index is 12.3. The Balaban J connectivity index is 0.00000338. The van der Waals surface area contributed by atoms with E-state index in [4.69, 9.17) is 4.55 Å². The van der Waals surface area contributed by atoms with Crippen LogP contribution in [0.4, 0.5) is 0 Å². The van der Waals surface area contributed by atoms with Crippen molar-refractivity contribution in [2.24, 2.45) is 0 Å². The molecule has 0 radical (unpaired) electrons. The fourth-order valence-electron chi connectivity index (χ4n) is 2.16. The fraction of sp³-hybridized carbons (Fsp3) is 0.357. The molecule has 0 aliphatic heterocycles. The molecule has 0 saturated carbocycles. The van der Waals surface area contributed by atoms with E-state index in [2.05, 4.69) is 5.10 Å². The maximum atomic E-state index is 12.3. The molecule has 1 aromatic carbocycles. The molecule has 138 valence electrons. The number of hydrogen-bond acceptors (Lipinski definition) is 5. The molecule has 2 aromatic rings. The number of H-pyrrole nitrogens is 1. The van der Waals surface area contributed by atoms with Gasteiger partial charge in [0.15, 0.2) is 0 Å². The Morgan fingerprint density at radius 1 is 1.04 bits per heavy atom. The van der Waals surface area contributed by atoms with Crippen LogP contribution < -0.4 is 64.7 Å². The van der Waals surface area contributed by atoms with Gasteiger partial charge in [-0.25, -0.2) is 4.68 Å². The molecule has 9 nitrogen and oxygen atoms in total. The van der Waals surface area contributed by atoms with Crippen molar-refractivity contribution in [1.82, 2.24) is 9.78 Å². The Morgan fingerprint density at radius 2 is 1.59 bits per heavy atom. The van der Waals surface area contributed by atoms with Gasteiger partial charge in [-0.05, 0) is 24.6 Å². The number of rotatable bonds is 5. The van der Waals surface area contributed by atoms with Crippen LogP contribution in [-0.2, 0) is 25.7 Å². The van der Waals surface area contributed by atoms with Crippen molar-refractivity contribution in [3.05, 3.63) is 40.3 Å². The van der Waals surface area contributed by atoms with Gasteiger partial charge in [0, 0.05) is 17.2 Å². The molecule has 0 fully saturated rings. The molecule has 0 atom stereocenters. The Morgan fingerprint density at radius 3 is 2.04 bits per heavy atom. The predicted octanol–water partition coefficient (Wildman–Crippen LogP) is -4.65. The quantitative estimate of drug-likeness (QED) is 0.316. The minimum absolute atomic E-state index is 0. The second kappa shape index (κ2) is 9.24. The summed E-state index contributed by atoms with van der Waals surface area (Å²) in [5.41, 5.74) is -0.989. The van der Waals surface area contributed by atoms with Crippen LogP contribution in [0.5, 0.6) is 0 Å². The molecule has 1 aromatic heterocycles. The van der Waals surface area contributed by atoms with Crippen LogP contribution >= 0.6 is 0 Å². The summed E-state index contributed by atoms with van der Waals surface area (Å²) in [6.07, 6.45) is 0.670. The van der Waals surface area contributed by atoms with E-state index in [0.717, 1.165) is 22.9 Å². The van der Waals surface area contributed by atoms with Gasteiger partial charge in [0.2, 0.25) is 0 Å². The van der Waals surface area contributed by atoms with E-state index in [1.165, 1.54) is 6.07 Å². The van der Waals surface area contributed by atoms with Crippen LogP contribution in [0.2, 0.25) is 0 Å². The minimum atomic E-state index is -4.75. The van der Waals surface area contributed by atoms with Gasteiger partial charge >= 0.3 is 59.1 Å². The number of nitrogens with zero attached hydrogens (tertiary/aromatic N) is 1. The van der Waals surface area contributed by atoms with E-state index in [1.54, 1.807) is 0 Å². The molecule has 2 rings (SSSR count). The van der Waals surface area contributed by atoms with Gasteiger partial charge in [-0.1, -0.05) is 20.8 Å². The molecule has 1 heterocycles. The van der Waals surface area contributed by atoms with E-state index < -0.39 is 46.7 Å². The normalized spacial score (nSPS) is 12.2. The Hall–Kier alpha value is 0.0500. The van der Waals surface area contributed by atoms with Crippen molar-refractivity contribution in [3.8, 4) is 5.69 Å². The van der Waals surface area contributed by atoms with Crippen molar-refractivity contribution < 1.29 is 85.1 Å². The Kier molecular flexibility index (Phi) is 9.26. The van der Waals surface area contributed by atoms with Crippen LogP contribution in [0.15, 0.2) is 38.9 Å². The Labute approximate surface area is 201 Å². The number of aromatic nitrogens is 2. The molecule has 0 saturated heterocycles. The SMILES string of the molecule is CCC(C)(C)c1cc(=O)n(-c2cc(S(=O)(=O)O)ccc2S(=O)(=O)O)[nH]1.[Na+].[Na+]. The van der Waals surface area contributed by atoms with Gasteiger partial charge < -0.3 is 0 Å².